The van der Waals surface area contributed by atoms with Crippen LogP contribution < -0.4 is 10.1 Å². The first-order valence-corrected chi connectivity index (χ1v) is 16.0. The summed E-state index contributed by atoms with van der Waals surface area (Å²) in [6.07, 6.45) is -2.34. The Kier molecular flexibility index (Phi) is 10.2. The quantitative estimate of drug-likeness (QED) is 0.284. The molecule has 3 N–H and O–H groups in total. The van der Waals surface area contributed by atoms with Gasteiger partial charge in [0.05, 0.1) is 36.2 Å². The fraction of sp³-hybridized carbons (Fsp3) is 0.567. The largest absolute Gasteiger partial charge is 0.468 e. The highest BCUT2D eigenvalue weighted by Crippen LogP contribution is 2.45. The van der Waals surface area contributed by atoms with E-state index in [2.05, 4.69) is 5.32 Å². The van der Waals surface area contributed by atoms with Gasteiger partial charge < -0.3 is 39.2 Å². The molecule has 3 heterocycles. The smallest absolute Gasteiger partial charge is 0.407 e. The molecule has 3 aliphatic heterocycles. The van der Waals surface area contributed by atoms with E-state index in [1.165, 1.54) is 28.6 Å². The van der Waals surface area contributed by atoms with E-state index in [1.54, 1.807) is 0 Å². The number of hydrogen-bond acceptors (Lipinski definition) is 10. The molecule has 2 aromatic carbocycles. The second-order valence-corrected chi connectivity index (χ2v) is 13.5. The molecule has 43 heavy (non-hydrogen) atoms. The van der Waals surface area contributed by atoms with Crippen LogP contribution in [0.1, 0.15) is 25.8 Å². The molecule has 7 atom stereocenters. The molecule has 5 rings (SSSR count). The van der Waals surface area contributed by atoms with Gasteiger partial charge in [-0.2, -0.15) is 4.31 Å². The van der Waals surface area contributed by atoms with E-state index >= 15 is 0 Å². The molecule has 13 heteroatoms. The first-order valence-electron chi connectivity index (χ1n) is 14.6. The second-order valence-electron chi connectivity index (χ2n) is 11.5. The standard InChI is InChI=1S/C30H40N2O10S/c1-19(2)15-32(43(36,37)22-10-8-21(9-11-22)40-18-33)16-25(34)24(14-20-6-4-3-5-7-20)31-30(35)41-26-17-39-29-27(26)23-12-13-38-28(23)42-29/h3-11,19,23-29,33-34H,12-18H2,1-2H3,(H,31,35)/t23-,24+,25-,26+,27+,28+,29+/m1/s1. The highest BCUT2D eigenvalue weighted by Gasteiger charge is 2.56. The normalized spacial score (nSPS) is 26.2. The third kappa shape index (κ3) is 7.48. The summed E-state index contributed by atoms with van der Waals surface area (Å²) >= 11 is 0. The van der Waals surface area contributed by atoms with Crippen LogP contribution in [0.5, 0.6) is 5.75 Å². The Hall–Kier alpha value is -2.78. The van der Waals surface area contributed by atoms with Crippen LogP contribution in [-0.2, 0) is 35.4 Å². The van der Waals surface area contributed by atoms with Crippen molar-refractivity contribution < 1.29 is 47.1 Å². The van der Waals surface area contributed by atoms with Crippen LogP contribution in [-0.4, -0.2) is 93.0 Å². The van der Waals surface area contributed by atoms with Crippen molar-refractivity contribution >= 4 is 16.1 Å². The predicted molar refractivity (Wildman–Crippen MR) is 153 cm³/mol. The summed E-state index contributed by atoms with van der Waals surface area (Å²) in [7, 11) is -4.03. The van der Waals surface area contributed by atoms with Crippen LogP contribution in [0.25, 0.3) is 0 Å². The van der Waals surface area contributed by atoms with Crippen LogP contribution in [0.4, 0.5) is 4.79 Å². The fourth-order valence-electron chi connectivity index (χ4n) is 5.95. The Balaban J connectivity index is 1.31. The van der Waals surface area contributed by atoms with Crippen LogP contribution in [0.3, 0.4) is 0 Å². The molecule has 3 saturated heterocycles. The molecule has 0 radical (unpaired) electrons. The minimum absolute atomic E-state index is 0.0152. The van der Waals surface area contributed by atoms with Gasteiger partial charge in [0.1, 0.15) is 11.9 Å². The van der Waals surface area contributed by atoms with Gasteiger partial charge in [-0.15, -0.1) is 0 Å². The molecule has 2 aromatic rings. The molecular formula is C30H40N2O10S. The van der Waals surface area contributed by atoms with Crippen molar-refractivity contribution in [3.05, 3.63) is 60.2 Å². The molecule has 3 fully saturated rings. The van der Waals surface area contributed by atoms with Crippen molar-refractivity contribution in [2.45, 2.75) is 62.4 Å². The number of nitrogens with zero attached hydrogens (tertiary/aromatic N) is 1. The number of alkyl carbamates (subject to hydrolysis) is 1. The van der Waals surface area contributed by atoms with Crippen molar-refractivity contribution in [2.75, 3.05) is 33.1 Å². The summed E-state index contributed by atoms with van der Waals surface area (Å²) in [6, 6.07) is 14.1. The van der Waals surface area contributed by atoms with Gasteiger partial charge in [0.2, 0.25) is 10.0 Å². The highest BCUT2D eigenvalue weighted by atomic mass is 32.2. The van der Waals surface area contributed by atoms with E-state index in [9.17, 15) is 18.3 Å². The van der Waals surface area contributed by atoms with Gasteiger partial charge in [-0.3, -0.25) is 0 Å². The Morgan fingerprint density at radius 1 is 1.07 bits per heavy atom. The second kappa shape index (κ2) is 13.9. The maximum atomic E-state index is 13.7. The van der Waals surface area contributed by atoms with Gasteiger partial charge in [0, 0.05) is 19.0 Å². The lowest BCUT2D eigenvalue weighted by Crippen LogP contribution is -2.52. The fourth-order valence-corrected chi connectivity index (χ4v) is 7.57. The Morgan fingerprint density at radius 2 is 1.81 bits per heavy atom. The van der Waals surface area contributed by atoms with Gasteiger partial charge in [-0.05, 0) is 48.6 Å². The number of aliphatic hydroxyl groups excluding tert-OH is 2. The zero-order valence-electron chi connectivity index (χ0n) is 24.3. The molecule has 0 bridgehead atoms. The van der Waals surface area contributed by atoms with Crippen LogP contribution in [0, 0.1) is 17.8 Å². The number of hydrogen-bond donors (Lipinski definition) is 3. The third-order valence-electron chi connectivity index (χ3n) is 7.99. The monoisotopic (exact) mass is 620 g/mol. The first kappa shape index (κ1) is 31.6. The highest BCUT2D eigenvalue weighted by molar-refractivity contribution is 7.89. The molecule has 236 valence electrons. The van der Waals surface area contributed by atoms with E-state index < -0.39 is 47.4 Å². The van der Waals surface area contributed by atoms with Crippen molar-refractivity contribution in [2.24, 2.45) is 17.8 Å². The van der Waals surface area contributed by atoms with Crippen molar-refractivity contribution in [3.8, 4) is 5.75 Å². The Morgan fingerprint density at radius 3 is 2.51 bits per heavy atom. The lowest BCUT2D eigenvalue weighted by Gasteiger charge is -2.31. The van der Waals surface area contributed by atoms with Crippen molar-refractivity contribution in [3.63, 3.8) is 0 Å². The van der Waals surface area contributed by atoms with Gasteiger partial charge in [-0.1, -0.05) is 44.2 Å². The van der Waals surface area contributed by atoms with Gasteiger partial charge in [-0.25, -0.2) is 13.2 Å². The van der Waals surface area contributed by atoms with Crippen LogP contribution in [0.15, 0.2) is 59.5 Å². The molecule has 0 aromatic heterocycles. The zero-order valence-corrected chi connectivity index (χ0v) is 25.1. The predicted octanol–water partition coefficient (Wildman–Crippen LogP) is 2.09. The molecule has 0 unspecified atom stereocenters. The van der Waals surface area contributed by atoms with E-state index in [4.69, 9.17) is 28.8 Å². The number of fused-ring (bicyclic) bond motifs is 3. The van der Waals surface area contributed by atoms with Crippen molar-refractivity contribution in [1.29, 1.82) is 0 Å². The molecular weight excluding hydrogens is 580 g/mol. The van der Waals surface area contributed by atoms with Crippen LogP contribution >= 0.6 is 0 Å². The topological polar surface area (TPSA) is 153 Å². The number of carbonyl (C=O) groups is 1. The summed E-state index contributed by atoms with van der Waals surface area (Å²) in [5.41, 5.74) is 0.851. The number of rotatable bonds is 13. The minimum atomic E-state index is -4.03. The van der Waals surface area contributed by atoms with Gasteiger partial charge in [0.15, 0.2) is 19.4 Å². The van der Waals surface area contributed by atoms with E-state index in [0.717, 1.165) is 12.0 Å². The number of benzene rings is 2. The molecule has 0 saturated carbocycles. The average molecular weight is 621 g/mol. The van der Waals surface area contributed by atoms with E-state index in [0.29, 0.717) is 12.4 Å². The van der Waals surface area contributed by atoms with E-state index in [1.807, 2.05) is 44.2 Å². The lowest BCUT2D eigenvalue weighted by molar-refractivity contribution is -0.188. The number of carbonyl (C=O) groups excluding carboxylic acids is 1. The number of ether oxygens (including phenoxy) is 5. The Bertz CT molecular complexity index is 1310. The average Bonchev–Trinajstić information content (AvgIpc) is 3.67. The first-order chi connectivity index (χ1) is 20.7. The van der Waals surface area contributed by atoms with Crippen LogP contribution in [0.2, 0.25) is 0 Å². The Labute approximate surface area is 251 Å². The maximum Gasteiger partial charge on any atom is 0.407 e. The maximum absolute atomic E-state index is 13.7. The number of amides is 1. The SMILES string of the molecule is CC(C)CN(C[C@@H](O)[C@H](Cc1ccccc1)NC(=O)O[C@H]1CO[C@H]2O[C@@H]3OCC[C@@H]3[C@H]21)S(=O)(=O)c1ccc(OCO)cc1. The molecule has 12 nitrogen and oxygen atoms in total. The molecule has 0 aliphatic carbocycles. The number of nitrogens with one attached hydrogen (secondary N) is 1. The number of sulfonamides is 1. The van der Waals surface area contributed by atoms with E-state index in [-0.39, 0.29) is 55.1 Å². The van der Waals surface area contributed by atoms with Crippen molar-refractivity contribution in [1.82, 2.24) is 9.62 Å². The molecule has 1 amide bonds. The van der Waals surface area contributed by atoms with Gasteiger partial charge >= 0.3 is 6.09 Å². The summed E-state index contributed by atoms with van der Waals surface area (Å²) in [6.45, 7) is 3.89. The number of aliphatic hydroxyl groups is 2. The van der Waals surface area contributed by atoms with Gasteiger partial charge in [0.25, 0.3) is 0 Å². The summed E-state index contributed by atoms with van der Waals surface area (Å²) in [5, 5.41) is 23.3. The third-order valence-corrected chi connectivity index (χ3v) is 9.84. The molecule has 3 aliphatic rings. The zero-order chi connectivity index (χ0) is 30.6. The summed E-state index contributed by atoms with van der Waals surface area (Å²) in [5.74, 6) is 0.213. The minimum Gasteiger partial charge on any atom is -0.468 e. The molecule has 0 spiro atoms. The lowest BCUT2D eigenvalue weighted by atomic mass is 9.89. The summed E-state index contributed by atoms with van der Waals surface area (Å²) < 4.78 is 56.5. The summed E-state index contributed by atoms with van der Waals surface area (Å²) in [4.78, 5) is 13.2.